The van der Waals surface area contributed by atoms with E-state index in [4.69, 9.17) is 22.1 Å². The summed E-state index contributed by atoms with van der Waals surface area (Å²) in [6.07, 6.45) is 5.23. The highest BCUT2D eigenvalue weighted by atomic mass is 35.5. The van der Waals surface area contributed by atoms with E-state index in [9.17, 15) is 0 Å². The largest absolute Gasteiger partial charge is 0.397 e. The summed E-state index contributed by atoms with van der Waals surface area (Å²) in [6.45, 7) is 1.20. The minimum absolute atomic E-state index is 0.390. The first kappa shape index (κ1) is 14.3. The van der Waals surface area contributed by atoms with Crippen LogP contribution in [0.5, 0.6) is 0 Å². The first-order chi connectivity index (χ1) is 10.3. The second-order valence-corrected chi connectivity index (χ2v) is 5.61. The van der Waals surface area contributed by atoms with Gasteiger partial charge in [-0.25, -0.2) is 4.68 Å². The van der Waals surface area contributed by atoms with Crippen LogP contribution >= 0.6 is 11.6 Å². The molecule has 0 radical (unpaired) electrons. The van der Waals surface area contributed by atoms with Crippen LogP contribution in [0.15, 0.2) is 18.2 Å². The molecule has 21 heavy (non-hydrogen) atoms. The van der Waals surface area contributed by atoms with Gasteiger partial charge in [-0.15, -0.1) is 5.10 Å². The van der Waals surface area contributed by atoms with E-state index < -0.39 is 0 Å². The Morgan fingerprint density at radius 2 is 2.14 bits per heavy atom. The molecule has 112 valence electrons. The number of para-hydroxylation sites is 1. The quantitative estimate of drug-likeness (QED) is 0.859. The van der Waals surface area contributed by atoms with Crippen LogP contribution in [0.2, 0.25) is 5.02 Å². The van der Waals surface area contributed by atoms with Gasteiger partial charge in [-0.05, 0) is 35.4 Å². The normalized spacial score (nSPS) is 15.7. The lowest BCUT2D eigenvalue weighted by Gasteiger charge is -2.12. The number of aromatic nitrogens is 4. The Morgan fingerprint density at radius 1 is 1.33 bits per heavy atom. The minimum atomic E-state index is 0.390. The Hall–Kier alpha value is -1.66. The van der Waals surface area contributed by atoms with E-state index in [1.165, 1.54) is 12.8 Å². The van der Waals surface area contributed by atoms with Crippen LogP contribution in [0.1, 0.15) is 25.7 Å². The number of halogens is 1. The zero-order valence-corrected chi connectivity index (χ0v) is 12.5. The van der Waals surface area contributed by atoms with Gasteiger partial charge in [-0.2, -0.15) is 0 Å². The molecule has 1 saturated carbocycles. The van der Waals surface area contributed by atoms with Gasteiger partial charge < -0.3 is 10.5 Å². The minimum Gasteiger partial charge on any atom is -0.397 e. The van der Waals surface area contributed by atoms with Gasteiger partial charge >= 0.3 is 0 Å². The van der Waals surface area contributed by atoms with Crippen molar-refractivity contribution in [2.75, 3.05) is 12.3 Å². The van der Waals surface area contributed by atoms with Crippen molar-refractivity contribution in [3.05, 3.63) is 23.2 Å². The maximum Gasteiger partial charge on any atom is 0.184 e. The highest BCUT2D eigenvalue weighted by molar-refractivity contribution is 6.33. The summed E-state index contributed by atoms with van der Waals surface area (Å²) in [5.41, 5.74) is 7.24. The number of anilines is 1. The number of nitrogen functional groups attached to an aromatic ring is 1. The van der Waals surface area contributed by atoms with Gasteiger partial charge in [0, 0.05) is 5.56 Å². The van der Waals surface area contributed by atoms with E-state index >= 15 is 0 Å². The van der Waals surface area contributed by atoms with Crippen LogP contribution in [0.3, 0.4) is 0 Å². The van der Waals surface area contributed by atoms with Gasteiger partial charge in [-0.1, -0.05) is 30.5 Å². The number of hydrogen-bond donors (Lipinski definition) is 1. The van der Waals surface area contributed by atoms with Crippen molar-refractivity contribution < 1.29 is 4.74 Å². The molecule has 0 spiro atoms. The summed E-state index contributed by atoms with van der Waals surface area (Å²) in [6, 6.07) is 5.45. The molecule has 1 aliphatic carbocycles. The lowest BCUT2D eigenvalue weighted by molar-refractivity contribution is 0.0514. The van der Waals surface area contributed by atoms with E-state index in [0.29, 0.717) is 35.8 Å². The standard InChI is InChI=1S/C14H18ClN5O/c15-12-7-3-6-11(13(12)16)14-17-18-19-20(14)8-9-21-10-4-1-2-5-10/h3,6-7,10H,1-2,4-5,8-9,16H2. The molecule has 1 aromatic heterocycles. The molecule has 6 nitrogen and oxygen atoms in total. The molecule has 0 atom stereocenters. The highest BCUT2D eigenvalue weighted by Gasteiger charge is 2.17. The number of ether oxygens (including phenoxy) is 1. The average Bonchev–Trinajstić information content (AvgIpc) is 3.14. The second kappa shape index (κ2) is 6.41. The van der Waals surface area contributed by atoms with Crippen LogP contribution in [0.4, 0.5) is 5.69 Å². The Labute approximate surface area is 128 Å². The molecule has 1 fully saturated rings. The van der Waals surface area contributed by atoms with E-state index in [0.717, 1.165) is 18.4 Å². The van der Waals surface area contributed by atoms with Crippen LogP contribution in [0.25, 0.3) is 11.4 Å². The van der Waals surface area contributed by atoms with Gasteiger partial charge in [0.15, 0.2) is 5.82 Å². The zero-order chi connectivity index (χ0) is 14.7. The number of tetrazole rings is 1. The Kier molecular flexibility index (Phi) is 4.36. The van der Waals surface area contributed by atoms with Crippen molar-refractivity contribution in [2.24, 2.45) is 0 Å². The first-order valence-corrected chi connectivity index (χ1v) is 7.55. The summed E-state index contributed by atoms with van der Waals surface area (Å²) >= 11 is 6.05. The molecule has 2 N–H and O–H groups in total. The Morgan fingerprint density at radius 3 is 2.95 bits per heavy atom. The van der Waals surface area contributed by atoms with E-state index in [1.54, 1.807) is 10.7 Å². The molecule has 0 amide bonds. The summed E-state index contributed by atoms with van der Waals surface area (Å²) in [5, 5.41) is 12.3. The van der Waals surface area contributed by atoms with E-state index in [1.807, 2.05) is 12.1 Å². The first-order valence-electron chi connectivity index (χ1n) is 7.18. The summed E-state index contributed by atoms with van der Waals surface area (Å²) < 4.78 is 7.55. The van der Waals surface area contributed by atoms with Crippen molar-refractivity contribution in [3.8, 4) is 11.4 Å². The predicted molar refractivity (Wildman–Crippen MR) is 80.9 cm³/mol. The molecule has 3 rings (SSSR count). The van der Waals surface area contributed by atoms with Gasteiger partial charge in [0.1, 0.15) is 0 Å². The second-order valence-electron chi connectivity index (χ2n) is 5.20. The van der Waals surface area contributed by atoms with Crippen molar-refractivity contribution in [1.82, 2.24) is 20.2 Å². The maximum atomic E-state index is 6.05. The van der Waals surface area contributed by atoms with E-state index in [2.05, 4.69) is 15.5 Å². The molecule has 0 saturated heterocycles. The molecule has 1 heterocycles. The topological polar surface area (TPSA) is 78.9 Å². The molecule has 0 bridgehead atoms. The monoisotopic (exact) mass is 307 g/mol. The lowest BCUT2D eigenvalue weighted by Crippen LogP contribution is -2.15. The number of nitrogens with zero attached hydrogens (tertiary/aromatic N) is 4. The summed E-state index contributed by atoms with van der Waals surface area (Å²) in [4.78, 5) is 0. The number of nitrogens with two attached hydrogens (primary N) is 1. The highest BCUT2D eigenvalue weighted by Crippen LogP contribution is 2.29. The molecular formula is C14H18ClN5O. The smallest absolute Gasteiger partial charge is 0.184 e. The SMILES string of the molecule is Nc1c(Cl)cccc1-c1nnnn1CCOC1CCCC1. The average molecular weight is 308 g/mol. The molecule has 2 aromatic rings. The van der Waals surface area contributed by atoms with Crippen molar-refractivity contribution in [3.63, 3.8) is 0 Å². The third-order valence-electron chi connectivity index (χ3n) is 3.78. The van der Waals surface area contributed by atoms with Crippen molar-refractivity contribution in [1.29, 1.82) is 0 Å². The molecular weight excluding hydrogens is 290 g/mol. The van der Waals surface area contributed by atoms with Gasteiger partial charge in [0.2, 0.25) is 0 Å². The fraction of sp³-hybridized carbons (Fsp3) is 0.500. The van der Waals surface area contributed by atoms with Crippen LogP contribution < -0.4 is 5.73 Å². The van der Waals surface area contributed by atoms with Crippen molar-refractivity contribution >= 4 is 17.3 Å². The van der Waals surface area contributed by atoms with Crippen LogP contribution in [-0.2, 0) is 11.3 Å². The van der Waals surface area contributed by atoms with Crippen LogP contribution in [0, 0.1) is 0 Å². The maximum absolute atomic E-state index is 6.05. The van der Waals surface area contributed by atoms with Gasteiger partial charge in [0.05, 0.1) is 30.0 Å². The zero-order valence-electron chi connectivity index (χ0n) is 11.7. The van der Waals surface area contributed by atoms with Gasteiger partial charge in [0.25, 0.3) is 0 Å². The Balaban J connectivity index is 1.70. The molecule has 0 aliphatic heterocycles. The third kappa shape index (κ3) is 3.16. The number of hydrogen-bond acceptors (Lipinski definition) is 5. The molecule has 1 aliphatic rings. The molecule has 1 aromatic carbocycles. The fourth-order valence-corrected chi connectivity index (χ4v) is 2.82. The molecule has 0 unspecified atom stereocenters. The molecule has 7 heteroatoms. The van der Waals surface area contributed by atoms with Crippen LogP contribution in [-0.4, -0.2) is 32.9 Å². The van der Waals surface area contributed by atoms with Crippen molar-refractivity contribution in [2.45, 2.75) is 38.3 Å². The number of benzene rings is 1. The Bertz CT molecular complexity index is 609. The third-order valence-corrected chi connectivity index (χ3v) is 4.11. The number of rotatable bonds is 5. The van der Waals surface area contributed by atoms with Gasteiger partial charge in [-0.3, -0.25) is 0 Å². The predicted octanol–water partition coefficient (Wildman–Crippen LogP) is 2.53. The summed E-state index contributed by atoms with van der Waals surface area (Å²) in [7, 11) is 0. The summed E-state index contributed by atoms with van der Waals surface area (Å²) in [5.74, 6) is 0.616. The fourth-order valence-electron chi connectivity index (χ4n) is 2.64. The lowest BCUT2D eigenvalue weighted by atomic mass is 10.1. The van der Waals surface area contributed by atoms with E-state index in [-0.39, 0.29) is 0 Å².